The first-order valence-electron chi connectivity index (χ1n) is 5.70. The van der Waals surface area contributed by atoms with Crippen LogP contribution in [0.5, 0.6) is 0 Å². The number of hydrogen-bond acceptors (Lipinski definition) is 2. The molecule has 98 valence electrons. The normalized spacial score (nSPS) is 11.8. The van der Waals surface area contributed by atoms with Crippen LogP contribution in [0.2, 0.25) is 5.02 Å². The molecule has 3 nitrogen and oxygen atoms in total. The molecule has 0 heterocycles. The number of halogens is 1. The summed E-state index contributed by atoms with van der Waals surface area (Å²) >= 11 is 5.99. The van der Waals surface area contributed by atoms with Crippen LogP contribution in [0.1, 0.15) is 31.9 Å². The highest BCUT2D eigenvalue weighted by Crippen LogP contribution is 2.17. The van der Waals surface area contributed by atoms with E-state index in [4.69, 9.17) is 16.4 Å². The van der Waals surface area contributed by atoms with Gasteiger partial charge in [-0.1, -0.05) is 23.7 Å². The summed E-state index contributed by atoms with van der Waals surface area (Å²) in [5.41, 5.74) is 3.83. The lowest BCUT2D eigenvalue weighted by Crippen LogP contribution is -2.32. The summed E-state index contributed by atoms with van der Waals surface area (Å²) in [6, 6.07) is 5.62. The molecule has 18 heavy (non-hydrogen) atoms. The summed E-state index contributed by atoms with van der Waals surface area (Å²) in [4.78, 5) is 16.6. The van der Waals surface area contributed by atoms with Crippen molar-refractivity contribution in [3.63, 3.8) is 0 Å². The van der Waals surface area contributed by atoms with Crippen molar-refractivity contribution in [2.45, 2.75) is 33.3 Å². The molecule has 0 bridgehead atoms. The maximum Gasteiger partial charge on any atom is 0.267 e. The Labute approximate surface area is 113 Å². The summed E-state index contributed by atoms with van der Waals surface area (Å²) in [5.74, 6) is -0.304. The Balaban J connectivity index is 2.58. The first kappa shape index (κ1) is 14.7. The van der Waals surface area contributed by atoms with Gasteiger partial charge in [0.2, 0.25) is 0 Å². The summed E-state index contributed by atoms with van der Waals surface area (Å²) < 4.78 is 0. The number of hydrogen-bond donors (Lipinski definition) is 1. The molecule has 0 fully saturated rings. The minimum atomic E-state index is -0.406. The van der Waals surface area contributed by atoms with E-state index in [2.05, 4.69) is 5.48 Å². The van der Waals surface area contributed by atoms with Gasteiger partial charge in [0.25, 0.3) is 5.91 Å². The van der Waals surface area contributed by atoms with E-state index in [1.165, 1.54) is 6.08 Å². The third kappa shape index (κ3) is 5.34. The van der Waals surface area contributed by atoms with Gasteiger partial charge in [0.1, 0.15) is 0 Å². The number of carbonyl (C=O) groups is 1. The maximum atomic E-state index is 11.5. The van der Waals surface area contributed by atoms with Crippen LogP contribution in [0.3, 0.4) is 0 Å². The van der Waals surface area contributed by atoms with Crippen molar-refractivity contribution in [1.29, 1.82) is 0 Å². The van der Waals surface area contributed by atoms with Gasteiger partial charge in [-0.05, 0) is 51.0 Å². The molecule has 0 spiro atoms. The lowest BCUT2D eigenvalue weighted by molar-refractivity contribution is -0.140. The topological polar surface area (TPSA) is 38.3 Å². The molecular weight excluding hydrogens is 250 g/mol. The molecule has 0 radical (unpaired) electrons. The van der Waals surface area contributed by atoms with Gasteiger partial charge in [-0.25, -0.2) is 5.48 Å². The average Bonchev–Trinajstić information content (AvgIpc) is 2.27. The van der Waals surface area contributed by atoms with Gasteiger partial charge >= 0.3 is 0 Å². The summed E-state index contributed by atoms with van der Waals surface area (Å²) in [6.45, 7) is 7.50. The van der Waals surface area contributed by atoms with Gasteiger partial charge in [-0.2, -0.15) is 0 Å². The van der Waals surface area contributed by atoms with E-state index in [1.807, 2.05) is 45.9 Å². The van der Waals surface area contributed by atoms with Crippen molar-refractivity contribution in [3.05, 3.63) is 40.4 Å². The highest BCUT2D eigenvalue weighted by molar-refractivity contribution is 6.31. The standard InChI is InChI=1S/C14H18ClNO2/c1-10-5-6-11(9-12(10)15)7-8-13(17)16-18-14(2,3)4/h5-9H,1-4H3,(H,16,17)/b8-7+. The smallest absolute Gasteiger partial charge is 0.267 e. The molecule has 0 aliphatic heterocycles. The number of aryl methyl sites for hydroxylation is 1. The van der Waals surface area contributed by atoms with Gasteiger partial charge in [-0.3, -0.25) is 9.63 Å². The molecule has 0 saturated carbocycles. The van der Waals surface area contributed by atoms with Crippen LogP contribution in [0.4, 0.5) is 0 Å². The second-order valence-corrected chi connectivity index (χ2v) is 5.43. The van der Waals surface area contributed by atoms with Gasteiger partial charge in [0.15, 0.2) is 0 Å². The van der Waals surface area contributed by atoms with Crippen molar-refractivity contribution < 1.29 is 9.63 Å². The second-order valence-electron chi connectivity index (χ2n) is 5.02. The first-order valence-corrected chi connectivity index (χ1v) is 6.08. The van der Waals surface area contributed by atoms with E-state index < -0.39 is 5.60 Å². The minimum Gasteiger partial charge on any atom is -0.268 e. The Morgan fingerprint density at radius 2 is 2.06 bits per heavy atom. The van der Waals surface area contributed by atoms with Crippen LogP contribution in [0.25, 0.3) is 6.08 Å². The number of amides is 1. The number of rotatable bonds is 3. The van der Waals surface area contributed by atoms with E-state index in [9.17, 15) is 4.79 Å². The first-order chi connectivity index (χ1) is 8.28. The van der Waals surface area contributed by atoms with Crippen molar-refractivity contribution in [2.75, 3.05) is 0 Å². The Bertz CT molecular complexity index is 461. The van der Waals surface area contributed by atoms with Crippen LogP contribution in [-0.2, 0) is 9.63 Å². The fourth-order valence-electron chi connectivity index (χ4n) is 1.12. The summed E-state index contributed by atoms with van der Waals surface area (Å²) in [7, 11) is 0. The van der Waals surface area contributed by atoms with E-state index in [-0.39, 0.29) is 5.91 Å². The van der Waals surface area contributed by atoms with E-state index in [0.29, 0.717) is 5.02 Å². The quantitative estimate of drug-likeness (QED) is 0.672. The Hall–Kier alpha value is -1.32. The average molecular weight is 268 g/mol. The predicted molar refractivity (Wildman–Crippen MR) is 74.2 cm³/mol. The van der Waals surface area contributed by atoms with Crippen LogP contribution in [0, 0.1) is 6.92 Å². The third-order valence-electron chi connectivity index (χ3n) is 2.08. The zero-order valence-corrected chi connectivity index (χ0v) is 11.8. The molecule has 0 aliphatic carbocycles. The minimum absolute atomic E-state index is 0.304. The molecule has 0 aromatic heterocycles. The number of benzene rings is 1. The molecule has 1 N–H and O–H groups in total. The largest absolute Gasteiger partial charge is 0.268 e. The summed E-state index contributed by atoms with van der Waals surface area (Å²) in [5, 5.41) is 0.684. The maximum absolute atomic E-state index is 11.5. The fraction of sp³-hybridized carbons (Fsp3) is 0.357. The van der Waals surface area contributed by atoms with Crippen molar-refractivity contribution in [3.8, 4) is 0 Å². The lowest BCUT2D eigenvalue weighted by Gasteiger charge is -2.17. The highest BCUT2D eigenvalue weighted by atomic mass is 35.5. The molecule has 1 aromatic carbocycles. The van der Waals surface area contributed by atoms with E-state index in [0.717, 1.165) is 11.1 Å². The van der Waals surface area contributed by atoms with Gasteiger partial charge in [0, 0.05) is 11.1 Å². The van der Waals surface area contributed by atoms with Gasteiger partial charge in [-0.15, -0.1) is 0 Å². The molecular formula is C14H18ClNO2. The molecule has 0 unspecified atom stereocenters. The van der Waals surface area contributed by atoms with Crippen molar-refractivity contribution in [1.82, 2.24) is 5.48 Å². The number of nitrogens with one attached hydrogen (secondary N) is 1. The van der Waals surface area contributed by atoms with Crippen LogP contribution in [0.15, 0.2) is 24.3 Å². The Morgan fingerprint density at radius 3 is 2.61 bits per heavy atom. The van der Waals surface area contributed by atoms with Crippen molar-refractivity contribution >= 4 is 23.6 Å². The molecule has 1 amide bonds. The molecule has 0 saturated heterocycles. The Kier molecular flexibility index (Phi) is 4.93. The zero-order chi connectivity index (χ0) is 13.8. The third-order valence-corrected chi connectivity index (χ3v) is 2.49. The molecule has 1 aromatic rings. The zero-order valence-electron chi connectivity index (χ0n) is 11.1. The predicted octanol–water partition coefficient (Wildman–Crippen LogP) is 3.51. The lowest BCUT2D eigenvalue weighted by atomic mass is 10.1. The number of carbonyl (C=O) groups excluding carboxylic acids is 1. The molecule has 4 heteroatoms. The van der Waals surface area contributed by atoms with E-state index in [1.54, 1.807) is 6.08 Å². The van der Waals surface area contributed by atoms with E-state index >= 15 is 0 Å². The van der Waals surface area contributed by atoms with Crippen LogP contribution in [-0.4, -0.2) is 11.5 Å². The Morgan fingerprint density at radius 1 is 1.39 bits per heavy atom. The fourth-order valence-corrected chi connectivity index (χ4v) is 1.31. The van der Waals surface area contributed by atoms with Gasteiger partial charge < -0.3 is 0 Å². The monoisotopic (exact) mass is 267 g/mol. The van der Waals surface area contributed by atoms with Crippen LogP contribution >= 0.6 is 11.6 Å². The second kappa shape index (κ2) is 6.03. The molecule has 0 aliphatic rings. The molecule has 0 atom stereocenters. The molecule has 1 rings (SSSR count). The SMILES string of the molecule is Cc1ccc(/C=C/C(=O)NOC(C)(C)C)cc1Cl. The van der Waals surface area contributed by atoms with Crippen molar-refractivity contribution in [2.24, 2.45) is 0 Å². The van der Waals surface area contributed by atoms with Gasteiger partial charge in [0.05, 0.1) is 5.60 Å². The van der Waals surface area contributed by atoms with Crippen LogP contribution < -0.4 is 5.48 Å². The summed E-state index contributed by atoms with van der Waals surface area (Å²) in [6.07, 6.45) is 3.10. The number of hydroxylamine groups is 1. The highest BCUT2D eigenvalue weighted by Gasteiger charge is 2.11.